The molecular formula is C80H101ClN4O18. The van der Waals surface area contributed by atoms with Crippen LogP contribution in [0.15, 0.2) is 108 Å². The second-order valence-electron chi connectivity index (χ2n) is 24.2. The van der Waals surface area contributed by atoms with Crippen LogP contribution in [-0.2, 0) is 20.8 Å². The second-order valence-corrected chi connectivity index (χ2v) is 24.2. The minimum Gasteiger partial charge on any atom is -0.497 e. The second kappa shape index (κ2) is 39.9. The molecule has 3 N–H and O–H groups in total. The maximum Gasteiger partial charge on any atom is 0.307 e. The largest absolute Gasteiger partial charge is 0.497 e. The van der Waals surface area contributed by atoms with Crippen LogP contribution in [0.5, 0.6) is 69.0 Å². The molecule has 0 spiro atoms. The highest BCUT2D eigenvalue weighted by Crippen LogP contribution is 2.49. The molecule has 0 atom stereocenters. The minimum atomic E-state index is -0.873. The number of aldehydes is 1. The van der Waals surface area contributed by atoms with Crippen molar-refractivity contribution in [2.75, 3.05) is 152 Å². The molecule has 0 unspecified atom stereocenters. The van der Waals surface area contributed by atoms with E-state index in [2.05, 4.69) is 48.3 Å². The maximum absolute atomic E-state index is 13.2. The number of nitrogens with zero attached hydrogens (tertiary/aromatic N) is 3. The summed E-state index contributed by atoms with van der Waals surface area (Å²) >= 11 is 0. The Morgan fingerprint density at radius 3 is 1.12 bits per heavy atom. The van der Waals surface area contributed by atoms with E-state index in [9.17, 15) is 24.3 Å². The van der Waals surface area contributed by atoms with E-state index in [1.807, 2.05) is 97.6 Å². The van der Waals surface area contributed by atoms with Gasteiger partial charge in [0.05, 0.1) is 105 Å². The Labute approximate surface area is 612 Å². The smallest absolute Gasteiger partial charge is 0.307 e. The monoisotopic (exact) mass is 1440 g/mol. The molecule has 6 aromatic rings. The number of piperazine rings is 2. The number of fused-ring (bicyclic) bond motifs is 3. The third kappa shape index (κ3) is 20.8. The first-order valence-corrected chi connectivity index (χ1v) is 32.8. The molecule has 103 heavy (non-hydrogen) atoms. The van der Waals surface area contributed by atoms with Crippen LogP contribution >= 0.6 is 12.4 Å². The number of likely N-dealkylation sites (N-methyl/N-ethyl adjacent to an activating group) is 2. The lowest BCUT2D eigenvalue weighted by Crippen LogP contribution is -2.47. The van der Waals surface area contributed by atoms with E-state index >= 15 is 0 Å². The van der Waals surface area contributed by atoms with Gasteiger partial charge < -0.3 is 87.1 Å². The van der Waals surface area contributed by atoms with Crippen molar-refractivity contribution in [1.29, 1.82) is 0 Å². The van der Waals surface area contributed by atoms with Gasteiger partial charge in [0.15, 0.2) is 34.5 Å². The molecule has 2 heterocycles. The van der Waals surface area contributed by atoms with Crippen molar-refractivity contribution in [1.82, 2.24) is 20.0 Å². The van der Waals surface area contributed by atoms with E-state index in [0.717, 1.165) is 147 Å². The molecule has 3 aliphatic carbocycles. The van der Waals surface area contributed by atoms with Gasteiger partial charge in [0.1, 0.15) is 23.5 Å². The van der Waals surface area contributed by atoms with Crippen molar-refractivity contribution < 1.29 is 86.2 Å². The van der Waals surface area contributed by atoms with Crippen LogP contribution in [-0.4, -0.2) is 201 Å². The number of allylic oxidation sites excluding steroid dienone is 5. The number of aliphatic carboxylic acids is 2. The summed E-state index contributed by atoms with van der Waals surface area (Å²) < 4.78 is 64.0. The van der Waals surface area contributed by atoms with Crippen molar-refractivity contribution in [3.63, 3.8) is 0 Å². The summed E-state index contributed by atoms with van der Waals surface area (Å²) in [4.78, 5) is 52.6. The molecule has 22 nitrogen and oxygen atoms in total. The Morgan fingerprint density at radius 2 is 0.777 bits per heavy atom. The number of amides is 1. The fourth-order valence-corrected chi connectivity index (χ4v) is 12.5. The van der Waals surface area contributed by atoms with Gasteiger partial charge in [-0.15, -0.1) is 12.4 Å². The highest BCUT2D eigenvalue weighted by Gasteiger charge is 2.30. The van der Waals surface area contributed by atoms with Gasteiger partial charge in [-0.1, -0.05) is 31.2 Å². The van der Waals surface area contributed by atoms with Crippen molar-refractivity contribution in [3.8, 4) is 69.0 Å². The summed E-state index contributed by atoms with van der Waals surface area (Å²) in [5.74, 6) is 5.56. The van der Waals surface area contributed by atoms with Gasteiger partial charge >= 0.3 is 11.9 Å². The van der Waals surface area contributed by atoms with Gasteiger partial charge in [-0.25, -0.2) is 0 Å². The van der Waals surface area contributed by atoms with Gasteiger partial charge in [-0.05, 0) is 210 Å². The van der Waals surface area contributed by atoms with Gasteiger partial charge in [0, 0.05) is 57.9 Å². The normalized spacial score (nSPS) is 14.9. The zero-order valence-electron chi connectivity index (χ0n) is 61.6. The lowest BCUT2D eigenvalue weighted by Gasteiger charge is -2.32. The van der Waals surface area contributed by atoms with Gasteiger partial charge in [0.2, 0.25) is 23.2 Å². The third-order valence-corrected chi connectivity index (χ3v) is 18.0. The van der Waals surface area contributed by atoms with Gasteiger partial charge in [-0.3, -0.25) is 19.2 Å². The lowest BCUT2D eigenvalue weighted by atomic mass is 10.00. The lowest BCUT2D eigenvalue weighted by molar-refractivity contribution is -0.136. The number of hydrogen-bond acceptors (Lipinski definition) is 19. The summed E-state index contributed by atoms with van der Waals surface area (Å²) in [5, 5.41) is 21.5. The molecule has 556 valence electrons. The molecule has 2 fully saturated rings. The average molecular weight is 1440 g/mol. The first-order valence-electron chi connectivity index (χ1n) is 32.8. The first kappa shape index (κ1) is 83.5. The van der Waals surface area contributed by atoms with Gasteiger partial charge in [0.25, 0.3) is 0 Å². The molecule has 6 aromatic carbocycles. The van der Waals surface area contributed by atoms with Crippen LogP contribution in [0.2, 0.25) is 0 Å². The number of ether oxygens (including phenoxy) is 12. The Morgan fingerprint density at radius 1 is 0.427 bits per heavy atom. The van der Waals surface area contributed by atoms with E-state index in [4.69, 9.17) is 61.9 Å². The number of carboxylic acid groups (broad SMARTS) is 2. The van der Waals surface area contributed by atoms with E-state index in [-0.39, 0.29) is 38.6 Å². The van der Waals surface area contributed by atoms with Gasteiger partial charge in [-0.2, -0.15) is 0 Å². The number of halogens is 1. The van der Waals surface area contributed by atoms with E-state index in [1.165, 1.54) is 40.0 Å². The summed E-state index contributed by atoms with van der Waals surface area (Å²) in [6.45, 7) is 14.1. The molecule has 0 saturated carbocycles. The van der Waals surface area contributed by atoms with Crippen molar-refractivity contribution in [2.45, 2.75) is 53.9 Å². The predicted molar refractivity (Wildman–Crippen MR) is 407 cm³/mol. The Balaban J connectivity index is 0.000000250. The van der Waals surface area contributed by atoms with Crippen LogP contribution < -0.4 is 62.2 Å². The first-order chi connectivity index (χ1) is 48.6. The fourth-order valence-electron chi connectivity index (χ4n) is 12.5. The molecule has 5 aliphatic rings. The number of nitrogens with one attached hydrogen (secondary N) is 1. The third-order valence-electron chi connectivity index (χ3n) is 18.0. The van der Waals surface area contributed by atoms with Crippen LogP contribution in [0.25, 0.3) is 40.0 Å². The zero-order chi connectivity index (χ0) is 73.6. The SMILES string of the molecule is C.CN1CCNCC1.COc1cc(C=O)cc(OC)c1OC.COc1ccc2c(c1)C(CC(=O)N1CCN(C)CC1)=C(C)/C2=C/c1cc(OC)c(OC)c(OC)c1.COc1ccc2c(c1)C(CC(=O)O)=C(C)/C2=C/c1cc(OC)c(OC)c(OC)c1.COc1ccc2c(c1)C(CC(=O)O)=C(C)C2.Cl. The zero-order valence-corrected chi connectivity index (χ0v) is 62.4. The number of carbonyl (C=O) groups excluding carboxylic acids is 2. The Hall–Kier alpha value is -10.1. The molecule has 1 amide bonds. The fraction of sp³-hybridized carbons (Fsp3) is 0.375. The molecule has 2 aliphatic heterocycles. The van der Waals surface area contributed by atoms with Crippen molar-refractivity contribution in [3.05, 3.63) is 158 Å². The molecule has 0 bridgehead atoms. The van der Waals surface area contributed by atoms with Crippen LogP contribution in [0.3, 0.4) is 0 Å². The molecular weight excluding hydrogens is 1340 g/mol. The highest BCUT2D eigenvalue weighted by molar-refractivity contribution is 6.09. The topological polar surface area (TPSA) is 241 Å². The molecule has 2 saturated heterocycles. The molecule has 23 heteroatoms. The van der Waals surface area contributed by atoms with Crippen LogP contribution in [0.4, 0.5) is 0 Å². The summed E-state index contributed by atoms with van der Waals surface area (Å²) in [5.41, 5.74) is 16.4. The van der Waals surface area contributed by atoms with E-state index in [0.29, 0.717) is 69.5 Å². The molecule has 0 radical (unpaired) electrons. The molecule has 11 rings (SSSR count). The van der Waals surface area contributed by atoms with Crippen LogP contribution in [0.1, 0.15) is 102 Å². The number of methoxy groups -OCH3 is 12. The number of carboxylic acids is 2. The summed E-state index contributed by atoms with van der Waals surface area (Å²) in [6, 6.07) is 28.4. The number of hydrogen-bond donors (Lipinski definition) is 3. The summed E-state index contributed by atoms with van der Waals surface area (Å²) in [6.07, 6.45) is 6.08. The average Bonchev–Trinajstić information content (AvgIpc) is 1.63. The highest BCUT2D eigenvalue weighted by atomic mass is 35.5. The number of carbonyl (C=O) groups is 4. The van der Waals surface area contributed by atoms with E-state index in [1.54, 1.807) is 76.1 Å². The van der Waals surface area contributed by atoms with E-state index < -0.39 is 11.9 Å². The Kier molecular flexibility index (Phi) is 32.4. The standard InChI is InChI=1S/C28H34N2O5.C23H24O6.C13H14O3.C10H12O4.C5H12N2.CH4.ClH/c1-18-22(13-19-14-25(33-4)28(35-6)26(15-19)34-5)21-8-7-20(32-3)16-24(21)23(18)17-27(31)30-11-9-29(2)10-12-30;1-13-17(8-14-9-20(27-3)23(29-5)21(10-14)28-4)16-7-6-15(26-2)11-19(16)18(13)12-22(24)25;1-8-5-9-3-4-10(16-2)6-12(9)11(8)7-13(14)15;1-12-8-4-7(6-11)5-9(13-2)10(8)14-3;1-7-4-2-6-3-5-7;;/h7-8,13-16H,9-12,17H2,1-6H3;6-11H,12H2,1-5H3,(H,24,25);3-4,6H,5,7H2,1-2H3,(H,14,15);4-6H,1-3H3;6H,2-5H2,1H3;1H4;1H/b22-13-;17-8-;;;;;. The number of benzene rings is 6. The van der Waals surface area contributed by atoms with Crippen molar-refractivity contribution in [2.24, 2.45) is 0 Å². The molecule has 0 aromatic heterocycles. The number of rotatable bonds is 21. The minimum absolute atomic E-state index is 0. The Bertz CT molecular complexity index is 4050. The van der Waals surface area contributed by atoms with Crippen LogP contribution in [0, 0.1) is 0 Å². The quantitative estimate of drug-likeness (QED) is 0.0567. The van der Waals surface area contributed by atoms with Crippen molar-refractivity contribution >= 4 is 76.6 Å². The maximum atomic E-state index is 13.2. The predicted octanol–water partition coefficient (Wildman–Crippen LogP) is 13.3. The summed E-state index contributed by atoms with van der Waals surface area (Å²) in [7, 11) is 23.2.